The Morgan fingerprint density at radius 2 is 1.80 bits per heavy atom. The number of hydrogen-bond donors (Lipinski definition) is 3. The summed E-state index contributed by atoms with van der Waals surface area (Å²) in [6, 6.07) is 0.234. The summed E-state index contributed by atoms with van der Waals surface area (Å²) >= 11 is 0. The van der Waals surface area contributed by atoms with Crippen LogP contribution in [0.2, 0.25) is 0 Å². The molecule has 0 unspecified atom stereocenters. The minimum absolute atomic E-state index is 0.0631. The lowest BCUT2D eigenvalue weighted by Gasteiger charge is -2.22. The van der Waals surface area contributed by atoms with Gasteiger partial charge in [0, 0.05) is 25.6 Å². The molecule has 0 aromatic rings. The molecule has 0 radical (unpaired) electrons. The lowest BCUT2D eigenvalue weighted by atomic mass is 9.96. The van der Waals surface area contributed by atoms with Gasteiger partial charge in [-0.05, 0) is 25.2 Å². The molecule has 0 heterocycles. The van der Waals surface area contributed by atoms with Crippen LogP contribution in [-0.2, 0) is 4.79 Å². The van der Waals surface area contributed by atoms with Gasteiger partial charge in [-0.1, -0.05) is 33.1 Å². The van der Waals surface area contributed by atoms with Crippen LogP contribution in [0.4, 0.5) is 4.79 Å². The van der Waals surface area contributed by atoms with E-state index in [4.69, 9.17) is 0 Å². The number of nitrogens with one attached hydrogen (secondary N) is 3. The summed E-state index contributed by atoms with van der Waals surface area (Å²) in [6.45, 7) is 5.40. The molecule has 5 nitrogen and oxygen atoms in total. The minimum Gasteiger partial charge on any atom is -0.356 e. The van der Waals surface area contributed by atoms with Gasteiger partial charge in [-0.2, -0.15) is 0 Å². The van der Waals surface area contributed by atoms with E-state index in [1.807, 2.05) is 0 Å². The van der Waals surface area contributed by atoms with E-state index >= 15 is 0 Å². The molecule has 5 heteroatoms. The lowest BCUT2D eigenvalue weighted by molar-refractivity contribution is -0.121. The van der Waals surface area contributed by atoms with Gasteiger partial charge in [0.2, 0.25) is 5.91 Å². The number of hydrogen-bond acceptors (Lipinski definition) is 2. The van der Waals surface area contributed by atoms with E-state index in [1.54, 1.807) is 0 Å². The van der Waals surface area contributed by atoms with Crippen molar-refractivity contribution >= 4 is 11.9 Å². The molecule has 1 aliphatic rings. The zero-order valence-electron chi connectivity index (χ0n) is 12.8. The Morgan fingerprint density at radius 3 is 2.45 bits per heavy atom. The molecular weight excluding hydrogens is 254 g/mol. The molecule has 1 aliphatic carbocycles. The third-order valence-corrected chi connectivity index (χ3v) is 3.51. The SMILES string of the molecule is CC(C)CNC(=O)CCCNC(=O)NC1CCCCC1. The molecule has 0 aromatic heterocycles. The molecule has 1 saturated carbocycles. The first-order valence-electron chi connectivity index (χ1n) is 7.89. The Hall–Kier alpha value is -1.26. The van der Waals surface area contributed by atoms with Crippen LogP contribution >= 0.6 is 0 Å². The van der Waals surface area contributed by atoms with Gasteiger partial charge in [0.1, 0.15) is 0 Å². The van der Waals surface area contributed by atoms with Crippen LogP contribution in [0.25, 0.3) is 0 Å². The summed E-state index contributed by atoms with van der Waals surface area (Å²) in [5.74, 6) is 0.534. The van der Waals surface area contributed by atoms with E-state index in [2.05, 4.69) is 29.8 Å². The molecule has 0 saturated heterocycles. The molecule has 0 bridgehead atoms. The monoisotopic (exact) mass is 283 g/mol. The van der Waals surface area contributed by atoms with Crippen molar-refractivity contribution < 1.29 is 9.59 Å². The second-order valence-corrected chi connectivity index (χ2v) is 6.04. The predicted molar refractivity (Wildman–Crippen MR) is 80.5 cm³/mol. The summed E-state index contributed by atoms with van der Waals surface area (Å²) in [6.07, 6.45) is 7.03. The van der Waals surface area contributed by atoms with Gasteiger partial charge in [0.15, 0.2) is 0 Å². The highest BCUT2D eigenvalue weighted by Crippen LogP contribution is 2.17. The van der Waals surface area contributed by atoms with Gasteiger partial charge >= 0.3 is 6.03 Å². The van der Waals surface area contributed by atoms with Crippen molar-refractivity contribution in [2.24, 2.45) is 5.92 Å². The first-order valence-corrected chi connectivity index (χ1v) is 7.89. The number of rotatable bonds is 7. The third kappa shape index (κ3) is 8.02. The smallest absolute Gasteiger partial charge is 0.315 e. The fourth-order valence-electron chi connectivity index (χ4n) is 2.34. The average molecular weight is 283 g/mol. The van der Waals surface area contributed by atoms with Crippen LogP contribution in [0.5, 0.6) is 0 Å². The lowest BCUT2D eigenvalue weighted by Crippen LogP contribution is -2.43. The first-order chi connectivity index (χ1) is 9.58. The summed E-state index contributed by atoms with van der Waals surface area (Å²) in [7, 11) is 0. The number of carbonyl (C=O) groups excluding carboxylic acids is 2. The molecule has 116 valence electrons. The van der Waals surface area contributed by atoms with Crippen LogP contribution < -0.4 is 16.0 Å². The van der Waals surface area contributed by atoms with Gasteiger partial charge in [0.05, 0.1) is 0 Å². The van der Waals surface area contributed by atoms with Crippen molar-refractivity contribution in [3.05, 3.63) is 0 Å². The Balaban J connectivity index is 1.99. The molecule has 3 N–H and O–H groups in total. The van der Waals surface area contributed by atoms with Crippen LogP contribution in [-0.4, -0.2) is 31.1 Å². The maximum atomic E-state index is 11.6. The quantitative estimate of drug-likeness (QED) is 0.627. The van der Waals surface area contributed by atoms with Gasteiger partial charge in [0.25, 0.3) is 0 Å². The minimum atomic E-state index is -0.0977. The summed E-state index contributed by atoms with van der Waals surface area (Å²) in [5, 5.41) is 8.69. The zero-order chi connectivity index (χ0) is 14.8. The normalized spacial score (nSPS) is 15.9. The highest BCUT2D eigenvalue weighted by molar-refractivity contribution is 5.76. The van der Waals surface area contributed by atoms with E-state index in [0.29, 0.717) is 37.9 Å². The molecule has 0 spiro atoms. The fourth-order valence-corrected chi connectivity index (χ4v) is 2.34. The van der Waals surface area contributed by atoms with E-state index in [0.717, 1.165) is 12.8 Å². The van der Waals surface area contributed by atoms with Crippen molar-refractivity contribution in [1.29, 1.82) is 0 Å². The average Bonchev–Trinajstić information content (AvgIpc) is 2.42. The van der Waals surface area contributed by atoms with Crippen molar-refractivity contribution in [3.8, 4) is 0 Å². The summed E-state index contributed by atoms with van der Waals surface area (Å²) in [4.78, 5) is 23.1. The van der Waals surface area contributed by atoms with Gasteiger partial charge in [-0.3, -0.25) is 4.79 Å². The highest BCUT2D eigenvalue weighted by Gasteiger charge is 2.15. The van der Waals surface area contributed by atoms with Crippen LogP contribution in [0, 0.1) is 5.92 Å². The van der Waals surface area contributed by atoms with Crippen molar-refractivity contribution in [2.45, 2.75) is 64.8 Å². The molecule has 20 heavy (non-hydrogen) atoms. The largest absolute Gasteiger partial charge is 0.356 e. The van der Waals surface area contributed by atoms with Gasteiger partial charge in [-0.15, -0.1) is 0 Å². The Kier molecular flexibility index (Phi) is 8.07. The van der Waals surface area contributed by atoms with Crippen molar-refractivity contribution in [2.75, 3.05) is 13.1 Å². The third-order valence-electron chi connectivity index (χ3n) is 3.51. The topological polar surface area (TPSA) is 70.2 Å². The Bertz CT molecular complexity index is 299. The molecule has 0 aromatic carbocycles. The first kappa shape index (κ1) is 16.8. The second-order valence-electron chi connectivity index (χ2n) is 6.04. The van der Waals surface area contributed by atoms with E-state index < -0.39 is 0 Å². The molecular formula is C15H29N3O2. The molecule has 0 atom stereocenters. The maximum absolute atomic E-state index is 11.6. The number of urea groups is 1. The standard InChI is InChI=1S/C15H29N3O2/c1-12(2)11-17-14(19)9-6-10-16-15(20)18-13-7-4-3-5-8-13/h12-13H,3-11H2,1-2H3,(H,17,19)(H2,16,18,20). The fraction of sp³-hybridized carbons (Fsp3) is 0.867. The van der Waals surface area contributed by atoms with Crippen LogP contribution in [0.15, 0.2) is 0 Å². The zero-order valence-corrected chi connectivity index (χ0v) is 12.8. The molecule has 1 rings (SSSR count). The summed E-state index contributed by atoms with van der Waals surface area (Å²) < 4.78 is 0. The number of amides is 3. The van der Waals surface area contributed by atoms with Crippen molar-refractivity contribution in [1.82, 2.24) is 16.0 Å². The van der Waals surface area contributed by atoms with E-state index in [-0.39, 0.29) is 11.9 Å². The van der Waals surface area contributed by atoms with Gasteiger partial charge < -0.3 is 16.0 Å². The second kappa shape index (κ2) is 9.61. The maximum Gasteiger partial charge on any atom is 0.315 e. The van der Waals surface area contributed by atoms with Crippen LogP contribution in [0.3, 0.4) is 0 Å². The Labute approximate surface area is 122 Å². The molecule has 0 aliphatic heterocycles. The van der Waals surface area contributed by atoms with Crippen molar-refractivity contribution in [3.63, 3.8) is 0 Å². The van der Waals surface area contributed by atoms with Gasteiger partial charge in [-0.25, -0.2) is 4.79 Å². The van der Waals surface area contributed by atoms with E-state index in [9.17, 15) is 9.59 Å². The van der Waals surface area contributed by atoms with Crippen LogP contribution in [0.1, 0.15) is 58.8 Å². The predicted octanol–water partition coefficient (Wildman–Crippen LogP) is 2.17. The number of carbonyl (C=O) groups is 2. The molecule has 1 fully saturated rings. The highest BCUT2D eigenvalue weighted by atomic mass is 16.2. The Morgan fingerprint density at radius 1 is 1.10 bits per heavy atom. The summed E-state index contributed by atoms with van der Waals surface area (Å²) in [5.41, 5.74) is 0. The molecule has 3 amide bonds. The van der Waals surface area contributed by atoms with E-state index in [1.165, 1.54) is 19.3 Å².